The molecule has 3 rings (SSSR count). The first-order valence-corrected chi connectivity index (χ1v) is 8.98. The fourth-order valence-electron chi connectivity index (χ4n) is 2.77. The van der Waals surface area contributed by atoms with Gasteiger partial charge in [-0.15, -0.1) is 0 Å². The van der Waals surface area contributed by atoms with E-state index in [2.05, 4.69) is 20.4 Å². The van der Waals surface area contributed by atoms with Crippen LogP contribution < -0.4 is 10.2 Å². The van der Waals surface area contributed by atoms with Crippen LogP contribution in [0.1, 0.15) is 20.8 Å². The van der Waals surface area contributed by atoms with Gasteiger partial charge >= 0.3 is 6.09 Å². The number of benzene rings is 1. The zero-order valence-corrected chi connectivity index (χ0v) is 16.0. The normalized spacial score (nSPS) is 15.1. The van der Waals surface area contributed by atoms with Gasteiger partial charge in [-0.25, -0.2) is 4.79 Å². The maximum absolute atomic E-state index is 12.2. The lowest BCUT2D eigenvalue weighted by molar-refractivity contribution is 0.0240. The molecule has 7 nitrogen and oxygen atoms in total. The van der Waals surface area contributed by atoms with Crippen LogP contribution in [0.25, 0.3) is 0 Å². The third-order valence-corrected chi connectivity index (χ3v) is 4.21. The molecule has 1 aliphatic heterocycles. The number of hydrogen-bond donors (Lipinski definition) is 2. The van der Waals surface area contributed by atoms with Crippen molar-refractivity contribution < 1.29 is 9.53 Å². The zero-order valence-electron chi connectivity index (χ0n) is 15.3. The predicted octanol–water partition coefficient (Wildman–Crippen LogP) is 3.86. The van der Waals surface area contributed by atoms with Crippen molar-refractivity contribution >= 4 is 34.9 Å². The van der Waals surface area contributed by atoms with Crippen molar-refractivity contribution in [2.75, 3.05) is 36.4 Å². The van der Waals surface area contributed by atoms with Gasteiger partial charge in [-0.1, -0.05) is 17.7 Å². The summed E-state index contributed by atoms with van der Waals surface area (Å²) in [6, 6.07) is 7.53. The van der Waals surface area contributed by atoms with Gasteiger partial charge < -0.3 is 19.9 Å². The largest absolute Gasteiger partial charge is 0.444 e. The number of halogens is 1. The van der Waals surface area contributed by atoms with Gasteiger partial charge in [0.05, 0.1) is 6.20 Å². The van der Waals surface area contributed by atoms with Gasteiger partial charge in [-0.3, -0.25) is 5.10 Å². The summed E-state index contributed by atoms with van der Waals surface area (Å²) in [6.07, 6.45) is 1.48. The summed E-state index contributed by atoms with van der Waals surface area (Å²) in [5, 5.41) is 11.2. The molecule has 140 valence electrons. The van der Waals surface area contributed by atoms with E-state index in [1.54, 1.807) is 11.1 Å². The summed E-state index contributed by atoms with van der Waals surface area (Å²) < 4.78 is 5.44. The molecule has 2 N–H and O–H groups in total. The molecular formula is C18H24ClN5O2. The number of aromatic amines is 1. The van der Waals surface area contributed by atoms with Crippen molar-refractivity contribution in [3.05, 3.63) is 35.5 Å². The van der Waals surface area contributed by atoms with Crippen LogP contribution in [0.3, 0.4) is 0 Å². The average molecular weight is 378 g/mol. The quantitative estimate of drug-likeness (QED) is 0.849. The SMILES string of the molecule is CC(C)(C)OC(=O)N1CCN(c2[nH]ncc2Nc2cccc(Cl)c2)CC1. The van der Waals surface area contributed by atoms with Crippen LogP contribution in [0.5, 0.6) is 0 Å². The van der Waals surface area contributed by atoms with Crippen LogP contribution in [0.2, 0.25) is 5.02 Å². The van der Waals surface area contributed by atoms with Gasteiger partial charge in [0.15, 0.2) is 0 Å². The maximum atomic E-state index is 12.2. The highest BCUT2D eigenvalue weighted by atomic mass is 35.5. The van der Waals surface area contributed by atoms with Crippen LogP contribution >= 0.6 is 11.6 Å². The molecule has 1 amide bonds. The molecule has 2 aromatic rings. The van der Waals surface area contributed by atoms with E-state index < -0.39 is 5.60 Å². The van der Waals surface area contributed by atoms with Gasteiger partial charge in [0.1, 0.15) is 17.1 Å². The molecule has 1 aromatic heterocycles. The Morgan fingerprint density at radius 2 is 2.00 bits per heavy atom. The molecule has 8 heteroatoms. The van der Waals surface area contributed by atoms with E-state index in [0.717, 1.165) is 17.2 Å². The first-order valence-electron chi connectivity index (χ1n) is 8.61. The number of ether oxygens (including phenoxy) is 1. The molecule has 0 spiro atoms. The van der Waals surface area contributed by atoms with E-state index in [-0.39, 0.29) is 6.09 Å². The number of rotatable bonds is 3. The molecule has 1 saturated heterocycles. The van der Waals surface area contributed by atoms with Crippen LogP contribution in [-0.4, -0.2) is 53.0 Å². The van der Waals surface area contributed by atoms with Gasteiger partial charge in [-0.2, -0.15) is 5.10 Å². The molecule has 0 saturated carbocycles. The lowest BCUT2D eigenvalue weighted by Gasteiger charge is -2.36. The number of carbonyl (C=O) groups is 1. The topological polar surface area (TPSA) is 73.5 Å². The Hall–Kier alpha value is -2.41. The molecule has 0 aliphatic carbocycles. The summed E-state index contributed by atoms with van der Waals surface area (Å²) in [4.78, 5) is 16.1. The predicted molar refractivity (Wildman–Crippen MR) is 103 cm³/mol. The van der Waals surface area contributed by atoms with E-state index in [9.17, 15) is 4.79 Å². The number of aromatic nitrogens is 2. The van der Waals surface area contributed by atoms with Gasteiger partial charge in [0.25, 0.3) is 0 Å². The van der Waals surface area contributed by atoms with Crippen molar-refractivity contribution in [2.45, 2.75) is 26.4 Å². The summed E-state index contributed by atoms with van der Waals surface area (Å²) in [6.45, 7) is 8.23. The summed E-state index contributed by atoms with van der Waals surface area (Å²) in [5.41, 5.74) is 1.29. The highest BCUT2D eigenvalue weighted by Gasteiger charge is 2.27. The molecule has 1 aromatic carbocycles. The number of nitrogens with one attached hydrogen (secondary N) is 2. The molecule has 26 heavy (non-hydrogen) atoms. The van der Waals surface area contributed by atoms with Gasteiger partial charge in [-0.05, 0) is 39.0 Å². The van der Waals surface area contributed by atoms with Crippen molar-refractivity contribution in [3.8, 4) is 0 Å². The average Bonchev–Trinajstić information content (AvgIpc) is 3.01. The lowest BCUT2D eigenvalue weighted by atomic mass is 10.2. The van der Waals surface area contributed by atoms with E-state index in [4.69, 9.17) is 16.3 Å². The Morgan fingerprint density at radius 3 is 2.65 bits per heavy atom. The number of anilines is 3. The molecule has 0 bridgehead atoms. The molecule has 1 fully saturated rings. The summed E-state index contributed by atoms with van der Waals surface area (Å²) in [5.74, 6) is 0.897. The number of carbonyl (C=O) groups excluding carboxylic acids is 1. The number of hydrogen-bond acceptors (Lipinski definition) is 5. The van der Waals surface area contributed by atoms with Crippen LogP contribution in [-0.2, 0) is 4.74 Å². The van der Waals surface area contributed by atoms with Crippen molar-refractivity contribution in [2.24, 2.45) is 0 Å². The van der Waals surface area contributed by atoms with Crippen LogP contribution in [0.15, 0.2) is 30.5 Å². The monoisotopic (exact) mass is 377 g/mol. The van der Waals surface area contributed by atoms with E-state index in [1.165, 1.54) is 0 Å². The highest BCUT2D eigenvalue weighted by molar-refractivity contribution is 6.30. The fourth-order valence-corrected chi connectivity index (χ4v) is 2.96. The van der Waals surface area contributed by atoms with Gasteiger partial charge in [0.2, 0.25) is 0 Å². The van der Waals surface area contributed by atoms with Crippen LogP contribution in [0, 0.1) is 0 Å². The second kappa shape index (κ2) is 7.45. The number of H-pyrrole nitrogens is 1. The van der Waals surface area contributed by atoms with E-state index >= 15 is 0 Å². The number of piperazine rings is 1. The first kappa shape index (κ1) is 18.4. The first-order chi connectivity index (χ1) is 12.3. The molecule has 0 atom stereocenters. The second-order valence-electron chi connectivity index (χ2n) is 7.22. The minimum Gasteiger partial charge on any atom is -0.444 e. The van der Waals surface area contributed by atoms with Crippen LogP contribution in [0.4, 0.5) is 22.0 Å². The molecular weight excluding hydrogens is 354 g/mol. The zero-order chi connectivity index (χ0) is 18.7. The van der Waals surface area contributed by atoms with Gasteiger partial charge in [0, 0.05) is 36.9 Å². The van der Waals surface area contributed by atoms with Crippen molar-refractivity contribution in [1.82, 2.24) is 15.1 Å². The number of amides is 1. The third-order valence-electron chi connectivity index (χ3n) is 3.97. The smallest absolute Gasteiger partial charge is 0.410 e. The summed E-state index contributed by atoms with van der Waals surface area (Å²) in [7, 11) is 0. The van der Waals surface area contributed by atoms with E-state index in [0.29, 0.717) is 31.2 Å². The van der Waals surface area contributed by atoms with E-state index in [1.807, 2.05) is 45.0 Å². The Labute approximate surface area is 158 Å². The fraction of sp³-hybridized carbons (Fsp3) is 0.444. The second-order valence-corrected chi connectivity index (χ2v) is 7.66. The summed E-state index contributed by atoms with van der Waals surface area (Å²) >= 11 is 6.04. The molecule has 0 unspecified atom stereocenters. The Morgan fingerprint density at radius 1 is 1.27 bits per heavy atom. The number of nitrogens with zero attached hydrogens (tertiary/aromatic N) is 3. The standard InChI is InChI=1S/C18H24ClN5O2/c1-18(2,3)26-17(25)24-9-7-23(8-10-24)16-15(12-20-22-16)21-14-6-4-5-13(19)11-14/h4-6,11-12,21H,7-10H2,1-3H3,(H,20,22). The minimum atomic E-state index is -0.481. The Bertz CT molecular complexity index is 763. The molecule has 0 radical (unpaired) electrons. The minimum absolute atomic E-state index is 0.265. The maximum Gasteiger partial charge on any atom is 0.410 e. The molecule has 2 heterocycles. The molecule has 1 aliphatic rings. The van der Waals surface area contributed by atoms with Crippen molar-refractivity contribution in [1.29, 1.82) is 0 Å². The Kier molecular flexibility index (Phi) is 5.27. The third kappa shape index (κ3) is 4.60. The van der Waals surface area contributed by atoms with Crippen molar-refractivity contribution in [3.63, 3.8) is 0 Å². The highest BCUT2D eigenvalue weighted by Crippen LogP contribution is 2.28. The lowest BCUT2D eigenvalue weighted by Crippen LogP contribution is -2.50. The Balaban J connectivity index is 1.62.